The molecule has 136 valence electrons. The van der Waals surface area contributed by atoms with Crippen molar-refractivity contribution in [3.05, 3.63) is 46.0 Å². The van der Waals surface area contributed by atoms with Gasteiger partial charge in [0.05, 0.1) is 17.6 Å². The first-order chi connectivity index (χ1) is 12.4. The lowest BCUT2D eigenvalue weighted by molar-refractivity contribution is -0.0588. The first kappa shape index (κ1) is 16.8. The van der Waals surface area contributed by atoms with Gasteiger partial charge < -0.3 is 14.2 Å². The van der Waals surface area contributed by atoms with E-state index in [1.54, 1.807) is 28.8 Å². The number of pyridine rings is 1. The van der Waals surface area contributed by atoms with Gasteiger partial charge in [0.2, 0.25) is 0 Å². The van der Waals surface area contributed by atoms with Crippen LogP contribution >= 0.6 is 0 Å². The summed E-state index contributed by atoms with van der Waals surface area (Å²) in [5.74, 6) is -0.0994. The second-order valence-corrected chi connectivity index (χ2v) is 7.10. The van der Waals surface area contributed by atoms with Crippen molar-refractivity contribution in [1.82, 2.24) is 18.9 Å². The maximum atomic E-state index is 13.1. The number of aryl methyl sites for hydroxylation is 2. The minimum absolute atomic E-state index is 0.00799. The topological polar surface area (TPSA) is 68.8 Å². The molecule has 3 aromatic heterocycles. The Morgan fingerprint density at radius 1 is 1.23 bits per heavy atom. The van der Waals surface area contributed by atoms with E-state index in [1.165, 1.54) is 4.40 Å². The van der Waals surface area contributed by atoms with E-state index in [9.17, 15) is 9.59 Å². The highest BCUT2D eigenvalue weighted by atomic mass is 16.5. The lowest BCUT2D eigenvalue weighted by atomic mass is 10.2. The molecule has 7 heteroatoms. The first-order valence-electron chi connectivity index (χ1n) is 8.79. The Labute approximate surface area is 150 Å². The van der Waals surface area contributed by atoms with Gasteiger partial charge in [0.1, 0.15) is 17.0 Å². The molecule has 1 amide bonds. The molecule has 4 heterocycles. The number of carbonyl (C=O) groups excluding carboxylic acids is 1. The van der Waals surface area contributed by atoms with Crippen LogP contribution in [0.15, 0.2) is 29.2 Å². The van der Waals surface area contributed by atoms with E-state index in [0.717, 1.165) is 5.56 Å². The Morgan fingerprint density at radius 2 is 1.92 bits per heavy atom. The van der Waals surface area contributed by atoms with Crippen molar-refractivity contribution in [3.8, 4) is 0 Å². The van der Waals surface area contributed by atoms with Gasteiger partial charge in [0, 0.05) is 26.3 Å². The minimum atomic E-state index is -0.160. The molecule has 0 saturated carbocycles. The van der Waals surface area contributed by atoms with Crippen molar-refractivity contribution in [1.29, 1.82) is 0 Å². The number of aromatic nitrogens is 3. The van der Waals surface area contributed by atoms with E-state index in [0.29, 0.717) is 35.5 Å². The van der Waals surface area contributed by atoms with Gasteiger partial charge in [-0.05, 0) is 38.5 Å². The fourth-order valence-electron chi connectivity index (χ4n) is 3.74. The van der Waals surface area contributed by atoms with E-state index in [2.05, 4.69) is 4.98 Å². The average molecular weight is 354 g/mol. The van der Waals surface area contributed by atoms with Crippen LogP contribution in [0.3, 0.4) is 0 Å². The van der Waals surface area contributed by atoms with Gasteiger partial charge in [-0.1, -0.05) is 6.07 Å². The van der Waals surface area contributed by atoms with Crippen LogP contribution < -0.4 is 5.56 Å². The molecule has 4 rings (SSSR count). The van der Waals surface area contributed by atoms with Gasteiger partial charge >= 0.3 is 0 Å². The van der Waals surface area contributed by atoms with Crippen LogP contribution in [0, 0.1) is 6.92 Å². The predicted molar refractivity (Wildman–Crippen MR) is 98.6 cm³/mol. The van der Waals surface area contributed by atoms with Crippen LogP contribution in [0.2, 0.25) is 0 Å². The molecule has 0 radical (unpaired) electrons. The monoisotopic (exact) mass is 354 g/mol. The number of rotatable bonds is 1. The number of hydrogen-bond donors (Lipinski definition) is 0. The maximum absolute atomic E-state index is 13.1. The Hall–Kier alpha value is -2.67. The highest BCUT2D eigenvalue weighted by molar-refractivity contribution is 5.98. The summed E-state index contributed by atoms with van der Waals surface area (Å²) >= 11 is 0. The average Bonchev–Trinajstić information content (AvgIpc) is 2.92. The molecule has 0 spiro atoms. The van der Waals surface area contributed by atoms with Crippen molar-refractivity contribution in [2.75, 3.05) is 13.1 Å². The van der Waals surface area contributed by atoms with Crippen LogP contribution in [-0.2, 0) is 11.8 Å². The molecule has 1 aliphatic heterocycles. The standard InChI is InChI=1S/C19H22N4O3/c1-11-6-5-7-23-16(11)20-17-14(18(23)24)8-15(21(17)4)19(25)22-9-12(2)26-13(3)10-22/h5-8,12-13H,9-10H2,1-4H3/t12-,13-/m1/s1. The third-order valence-electron chi connectivity index (χ3n) is 4.95. The summed E-state index contributed by atoms with van der Waals surface area (Å²) in [4.78, 5) is 32.4. The SMILES string of the molecule is Cc1cccn2c(=O)c3cc(C(=O)N4C[C@@H](C)O[C@H](C)C4)n(C)c3nc12. The third-order valence-corrected chi connectivity index (χ3v) is 4.95. The summed E-state index contributed by atoms with van der Waals surface area (Å²) in [6, 6.07) is 5.40. The largest absolute Gasteiger partial charge is 0.372 e. The number of carbonyl (C=O) groups is 1. The Morgan fingerprint density at radius 3 is 2.62 bits per heavy atom. The number of fused-ring (bicyclic) bond motifs is 2. The van der Waals surface area contributed by atoms with Crippen molar-refractivity contribution >= 4 is 22.6 Å². The van der Waals surface area contributed by atoms with Crippen LogP contribution in [-0.4, -0.2) is 50.1 Å². The van der Waals surface area contributed by atoms with Gasteiger partial charge in [-0.2, -0.15) is 0 Å². The summed E-state index contributed by atoms with van der Waals surface area (Å²) in [5.41, 5.74) is 2.36. The van der Waals surface area contributed by atoms with Gasteiger partial charge in [-0.15, -0.1) is 0 Å². The molecule has 0 unspecified atom stereocenters. The molecule has 7 nitrogen and oxygen atoms in total. The van der Waals surface area contributed by atoms with Crippen molar-refractivity contribution in [3.63, 3.8) is 0 Å². The lowest BCUT2D eigenvalue weighted by Gasteiger charge is -2.35. The zero-order valence-electron chi connectivity index (χ0n) is 15.4. The summed E-state index contributed by atoms with van der Waals surface area (Å²) < 4.78 is 8.96. The fraction of sp³-hybridized carbons (Fsp3) is 0.421. The molecule has 3 aromatic rings. The van der Waals surface area contributed by atoms with Crippen LogP contribution in [0.1, 0.15) is 29.9 Å². The normalized spacial score (nSPS) is 20.8. The molecule has 1 fully saturated rings. The van der Waals surface area contributed by atoms with Crippen LogP contribution in [0.25, 0.3) is 16.7 Å². The van der Waals surface area contributed by atoms with Gasteiger partial charge in [-0.3, -0.25) is 14.0 Å². The number of ether oxygens (including phenoxy) is 1. The van der Waals surface area contributed by atoms with Crippen LogP contribution in [0.5, 0.6) is 0 Å². The molecule has 0 bridgehead atoms. The molecule has 0 aromatic carbocycles. The van der Waals surface area contributed by atoms with Crippen LogP contribution in [0.4, 0.5) is 0 Å². The molecule has 2 atom stereocenters. The van der Waals surface area contributed by atoms with Crippen molar-refractivity contribution < 1.29 is 9.53 Å². The zero-order chi connectivity index (χ0) is 18.6. The Bertz CT molecular complexity index is 1070. The quantitative estimate of drug-likeness (QED) is 0.668. The maximum Gasteiger partial charge on any atom is 0.270 e. The second-order valence-electron chi connectivity index (χ2n) is 7.10. The fourth-order valence-corrected chi connectivity index (χ4v) is 3.74. The van der Waals surface area contributed by atoms with E-state index >= 15 is 0 Å². The number of hydrogen-bond acceptors (Lipinski definition) is 4. The molecule has 26 heavy (non-hydrogen) atoms. The van der Waals surface area contributed by atoms with Crippen molar-refractivity contribution in [2.24, 2.45) is 7.05 Å². The molecular formula is C19H22N4O3. The van der Waals surface area contributed by atoms with Crippen molar-refractivity contribution in [2.45, 2.75) is 33.0 Å². The minimum Gasteiger partial charge on any atom is -0.372 e. The molecule has 0 N–H and O–H groups in total. The summed E-state index contributed by atoms with van der Waals surface area (Å²) in [6.07, 6.45) is 1.69. The number of amides is 1. The highest BCUT2D eigenvalue weighted by Gasteiger charge is 2.29. The van der Waals surface area contributed by atoms with E-state index in [1.807, 2.05) is 32.9 Å². The summed E-state index contributed by atoms with van der Waals surface area (Å²) in [7, 11) is 1.78. The van der Waals surface area contributed by atoms with E-state index < -0.39 is 0 Å². The smallest absolute Gasteiger partial charge is 0.270 e. The summed E-state index contributed by atoms with van der Waals surface area (Å²) in [5, 5.41) is 0.452. The lowest BCUT2D eigenvalue weighted by Crippen LogP contribution is -2.48. The molecule has 1 saturated heterocycles. The Balaban J connectivity index is 1.87. The number of morpholine rings is 1. The van der Waals surface area contributed by atoms with E-state index in [4.69, 9.17) is 4.74 Å². The molecule has 1 aliphatic rings. The zero-order valence-corrected chi connectivity index (χ0v) is 15.4. The number of nitrogens with zero attached hydrogens (tertiary/aromatic N) is 4. The third kappa shape index (κ3) is 2.50. The molecule has 0 aliphatic carbocycles. The summed E-state index contributed by atoms with van der Waals surface area (Å²) in [6.45, 7) is 6.91. The van der Waals surface area contributed by atoms with Gasteiger partial charge in [0.25, 0.3) is 11.5 Å². The van der Waals surface area contributed by atoms with Gasteiger partial charge in [0.15, 0.2) is 0 Å². The van der Waals surface area contributed by atoms with Gasteiger partial charge in [-0.25, -0.2) is 4.98 Å². The molecular weight excluding hydrogens is 332 g/mol. The first-order valence-corrected chi connectivity index (χ1v) is 8.79. The second kappa shape index (κ2) is 5.95. The predicted octanol–water partition coefficient (Wildman–Crippen LogP) is 1.74. The highest BCUT2D eigenvalue weighted by Crippen LogP contribution is 2.20. The Kier molecular flexibility index (Phi) is 3.84. The van der Waals surface area contributed by atoms with E-state index in [-0.39, 0.29) is 23.7 Å².